The highest BCUT2D eigenvalue weighted by molar-refractivity contribution is 5.75. The normalized spacial score (nSPS) is 23.3. The lowest BCUT2D eigenvalue weighted by atomic mass is 10.1. The number of esters is 1. The Morgan fingerprint density at radius 3 is 2.88 bits per heavy atom. The molecule has 0 aromatic heterocycles. The van der Waals surface area contributed by atoms with Crippen LogP contribution in [0.2, 0.25) is 0 Å². The van der Waals surface area contributed by atoms with Gasteiger partial charge < -0.3 is 10.1 Å². The molecule has 0 bridgehead atoms. The summed E-state index contributed by atoms with van der Waals surface area (Å²) in [5.41, 5.74) is 0. The second kappa shape index (κ2) is 6.86. The lowest BCUT2D eigenvalue weighted by Gasteiger charge is -2.24. The van der Waals surface area contributed by atoms with Gasteiger partial charge in [0.05, 0.1) is 6.61 Å². The summed E-state index contributed by atoms with van der Waals surface area (Å²) in [5.74, 6) is 0.614. The zero-order valence-corrected chi connectivity index (χ0v) is 10.7. The molecule has 0 saturated carbocycles. The van der Waals surface area contributed by atoms with Gasteiger partial charge in [-0.2, -0.15) is 0 Å². The van der Waals surface area contributed by atoms with E-state index in [0.717, 1.165) is 26.1 Å². The van der Waals surface area contributed by atoms with Crippen molar-refractivity contribution in [3.8, 4) is 0 Å². The molecule has 1 aliphatic rings. The van der Waals surface area contributed by atoms with Crippen LogP contribution < -0.4 is 5.32 Å². The van der Waals surface area contributed by atoms with Gasteiger partial charge in [0.15, 0.2) is 0 Å². The molecule has 16 heavy (non-hydrogen) atoms. The smallest absolute Gasteiger partial charge is 0.323 e. The largest absolute Gasteiger partial charge is 0.465 e. The average molecular weight is 228 g/mol. The highest BCUT2D eigenvalue weighted by Crippen LogP contribution is 2.20. The third kappa shape index (κ3) is 3.46. The van der Waals surface area contributed by atoms with Crippen molar-refractivity contribution in [1.82, 2.24) is 10.2 Å². The van der Waals surface area contributed by atoms with Crippen molar-refractivity contribution in [3.05, 3.63) is 0 Å². The number of carbonyl (C=O) groups excluding carboxylic acids is 1. The molecule has 1 rings (SSSR count). The van der Waals surface area contributed by atoms with E-state index < -0.39 is 0 Å². The summed E-state index contributed by atoms with van der Waals surface area (Å²) in [7, 11) is 1.98. The average Bonchev–Trinajstić information content (AvgIpc) is 2.68. The number of carbonyl (C=O) groups is 1. The van der Waals surface area contributed by atoms with Crippen LogP contribution in [0.25, 0.3) is 0 Å². The molecule has 0 aliphatic carbocycles. The first-order valence-electron chi connectivity index (χ1n) is 6.28. The quantitative estimate of drug-likeness (QED) is 0.685. The summed E-state index contributed by atoms with van der Waals surface area (Å²) in [6, 6.07) is -0.0400. The minimum atomic E-state index is -0.0601. The lowest BCUT2D eigenvalue weighted by molar-refractivity contribution is -0.149. The Bertz CT molecular complexity index is 221. The van der Waals surface area contributed by atoms with Gasteiger partial charge in [0.25, 0.3) is 0 Å². The monoisotopic (exact) mass is 228 g/mol. The van der Waals surface area contributed by atoms with Crippen LogP contribution in [0.15, 0.2) is 0 Å². The molecular formula is C12H24N2O2. The molecule has 0 aromatic carbocycles. The van der Waals surface area contributed by atoms with E-state index in [1.807, 2.05) is 20.9 Å². The molecule has 0 radical (unpaired) electrons. The summed E-state index contributed by atoms with van der Waals surface area (Å²) in [6.07, 6.45) is 2.02. The second-order valence-electron chi connectivity index (χ2n) is 4.38. The fraction of sp³-hybridized carbons (Fsp3) is 0.917. The number of ether oxygens (including phenoxy) is 1. The molecule has 4 heteroatoms. The number of rotatable bonds is 6. The molecule has 0 aromatic rings. The van der Waals surface area contributed by atoms with Crippen molar-refractivity contribution in [2.45, 2.75) is 32.7 Å². The SMILES string of the molecule is CCOC(=O)C(CC)N1CCC(CNC)C1. The van der Waals surface area contributed by atoms with Crippen LogP contribution in [0.5, 0.6) is 0 Å². The predicted molar refractivity (Wildman–Crippen MR) is 64.3 cm³/mol. The third-order valence-corrected chi connectivity index (χ3v) is 3.20. The fourth-order valence-electron chi connectivity index (χ4n) is 2.41. The molecule has 0 amide bonds. The molecule has 1 saturated heterocycles. The molecule has 4 nitrogen and oxygen atoms in total. The van der Waals surface area contributed by atoms with Crippen molar-refractivity contribution in [2.24, 2.45) is 5.92 Å². The Morgan fingerprint density at radius 1 is 1.56 bits per heavy atom. The summed E-state index contributed by atoms with van der Waals surface area (Å²) in [4.78, 5) is 14.0. The van der Waals surface area contributed by atoms with E-state index in [0.29, 0.717) is 12.5 Å². The number of hydrogen-bond donors (Lipinski definition) is 1. The second-order valence-corrected chi connectivity index (χ2v) is 4.38. The summed E-state index contributed by atoms with van der Waals surface area (Å²) < 4.78 is 5.11. The first-order valence-corrected chi connectivity index (χ1v) is 6.28. The Hall–Kier alpha value is -0.610. The molecule has 1 aliphatic heterocycles. The van der Waals surface area contributed by atoms with E-state index in [-0.39, 0.29) is 12.0 Å². The van der Waals surface area contributed by atoms with E-state index >= 15 is 0 Å². The molecule has 1 heterocycles. The van der Waals surface area contributed by atoms with E-state index in [1.165, 1.54) is 6.42 Å². The van der Waals surface area contributed by atoms with E-state index in [2.05, 4.69) is 10.2 Å². The molecule has 94 valence electrons. The van der Waals surface area contributed by atoms with Gasteiger partial charge in [0.1, 0.15) is 6.04 Å². The first-order chi connectivity index (χ1) is 7.72. The van der Waals surface area contributed by atoms with Gasteiger partial charge in [0.2, 0.25) is 0 Å². The molecular weight excluding hydrogens is 204 g/mol. The Morgan fingerprint density at radius 2 is 2.31 bits per heavy atom. The van der Waals surface area contributed by atoms with Crippen LogP contribution in [0.3, 0.4) is 0 Å². The van der Waals surface area contributed by atoms with Crippen LogP contribution in [-0.2, 0) is 9.53 Å². The van der Waals surface area contributed by atoms with E-state index in [1.54, 1.807) is 0 Å². The van der Waals surface area contributed by atoms with Crippen molar-refractivity contribution in [1.29, 1.82) is 0 Å². The van der Waals surface area contributed by atoms with Gasteiger partial charge in [-0.15, -0.1) is 0 Å². The van der Waals surface area contributed by atoms with Crippen LogP contribution in [0.1, 0.15) is 26.7 Å². The summed E-state index contributed by atoms with van der Waals surface area (Å²) in [6.45, 7) is 7.45. The first kappa shape index (κ1) is 13.5. The van der Waals surface area contributed by atoms with Gasteiger partial charge >= 0.3 is 5.97 Å². The van der Waals surface area contributed by atoms with Gasteiger partial charge in [-0.05, 0) is 45.8 Å². The maximum absolute atomic E-state index is 11.7. The summed E-state index contributed by atoms with van der Waals surface area (Å²) in [5, 5.41) is 3.20. The zero-order valence-electron chi connectivity index (χ0n) is 10.7. The maximum Gasteiger partial charge on any atom is 0.323 e. The van der Waals surface area contributed by atoms with Crippen LogP contribution in [0.4, 0.5) is 0 Å². The van der Waals surface area contributed by atoms with Gasteiger partial charge in [0, 0.05) is 6.54 Å². The van der Waals surface area contributed by atoms with Crippen molar-refractivity contribution in [2.75, 3.05) is 33.3 Å². The standard InChI is InChI=1S/C12H24N2O2/c1-4-11(12(15)16-5-2)14-7-6-10(9-14)8-13-3/h10-11,13H,4-9H2,1-3H3. The minimum absolute atomic E-state index is 0.0400. The van der Waals surface area contributed by atoms with E-state index in [4.69, 9.17) is 4.74 Å². The molecule has 2 atom stereocenters. The Kier molecular flexibility index (Phi) is 5.77. The predicted octanol–water partition coefficient (Wildman–Crippen LogP) is 0.869. The van der Waals surface area contributed by atoms with Crippen molar-refractivity contribution < 1.29 is 9.53 Å². The van der Waals surface area contributed by atoms with Crippen molar-refractivity contribution >= 4 is 5.97 Å². The third-order valence-electron chi connectivity index (χ3n) is 3.20. The number of nitrogens with one attached hydrogen (secondary N) is 1. The van der Waals surface area contributed by atoms with Gasteiger partial charge in [-0.25, -0.2) is 0 Å². The Balaban J connectivity index is 2.45. The number of likely N-dealkylation sites (tertiary alicyclic amines) is 1. The van der Waals surface area contributed by atoms with E-state index in [9.17, 15) is 4.79 Å². The highest BCUT2D eigenvalue weighted by atomic mass is 16.5. The van der Waals surface area contributed by atoms with Gasteiger partial charge in [-0.3, -0.25) is 9.69 Å². The minimum Gasteiger partial charge on any atom is -0.465 e. The summed E-state index contributed by atoms with van der Waals surface area (Å²) >= 11 is 0. The molecule has 0 spiro atoms. The fourth-order valence-corrected chi connectivity index (χ4v) is 2.41. The van der Waals surface area contributed by atoms with Crippen LogP contribution in [0, 0.1) is 5.92 Å². The van der Waals surface area contributed by atoms with Gasteiger partial charge in [-0.1, -0.05) is 6.92 Å². The lowest BCUT2D eigenvalue weighted by Crippen LogP contribution is -2.40. The number of nitrogens with zero attached hydrogens (tertiary/aromatic N) is 1. The number of hydrogen-bond acceptors (Lipinski definition) is 4. The zero-order chi connectivity index (χ0) is 12.0. The highest BCUT2D eigenvalue weighted by Gasteiger charge is 2.31. The maximum atomic E-state index is 11.7. The molecule has 1 fully saturated rings. The topological polar surface area (TPSA) is 41.6 Å². The van der Waals surface area contributed by atoms with Crippen LogP contribution in [-0.4, -0.2) is 50.2 Å². The van der Waals surface area contributed by atoms with Crippen LogP contribution >= 0.6 is 0 Å². The van der Waals surface area contributed by atoms with Crippen molar-refractivity contribution in [3.63, 3.8) is 0 Å². The molecule has 2 unspecified atom stereocenters. The Labute approximate surface area is 98.3 Å². The molecule has 1 N–H and O–H groups in total.